The number of anilines is 1. The number of benzene rings is 2. The summed E-state index contributed by atoms with van der Waals surface area (Å²) in [6.45, 7) is 0.341. The average Bonchev–Trinajstić information content (AvgIpc) is 2.37. The summed E-state index contributed by atoms with van der Waals surface area (Å²) in [5.74, 6) is -0.254. The lowest BCUT2D eigenvalue weighted by atomic mass is 10.2. The first-order chi connectivity index (χ1) is 9.52. The molecule has 0 fully saturated rings. The summed E-state index contributed by atoms with van der Waals surface area (Å²) in [4.78, 5) is 11.7. The fourth-order valence-electron chi connectivity index (χ4n) is 1.63. The topological polar surface area (TPSA) is 81.6 Å². The highest BCUT2D eigenvalue weighted by molar-refractivity contribution is 6.30. The number of rotatable bonds is 3. The Hall–Kier alpha value is -2.40. The number of carbonyl (C=O) groups is 1. The van der Waals surface area contributed by atoms with Crippen LogP contribution in [0.15, 0.2) is 42.5 Å². The molecule has 5 nitrogen and oxygen atoms in total. The largest absolute Gasteiger partial charge is 0.508 e. The smallest absolute Gasteiger partial charge is 0.319 e. The molecular weight excluding hydrogens is 280 g/mol. The van der Waals surface area contributed by atoms with E-state index in [2.05, 4.69) is 10.6 Å². The van der Waals surface area contributed by atoms with Gasteiger partial charge in [-0.25, -0.2) is 4.79 Å². The van der Waals surface area contributed by atoms with Crippen LogP contribution in [0, 0.1) is 0 Å². The zero-order chi connectivity index (χ0) is 14.5. The highest BCUT2D eigenvalue weighted by atomic mass is 35.5. The van der Waals surface area contributed by atoms with E-state index in [1.54, 1.807) is 12.1 Å². The van der Waals surface area contributed by atoms with Gasteiger partial charge in [-0.3, -0.25) is 0 Å². The van der Waals surface area contributed by atoms with Gasteiger partial charge in [0, 0.05) is 35.5 Å². The van der Waals surface area contributed by atoms with Gasteiger partial charge in [0.15, 0.2) is 0 Å². The summed E-state index contributed by atoms with van der Waals surface area (Å²) >= 11 is 5.76. The molecule has 20 heavy (non-hydrogen) atoms. The third kappa shape index (κ3) is 4.07. The van der Waals surface area contributed by atoms with E-state index in [1.807, 2.05) is 12.1 Å². The lowest BCUT2D eigenvalue weighted by Gasteiger charge is -2.08. The zero-order valence-electron chi connectivity index (χ0n) is 10.4. The molecule has 0 aromatic heterocycles. The Labute approximate surface area is 120 Å². The molecule has 0 aliphatic rings. The molecule has 2 aromatic rings. The number of urea groups is 1. The number of halogens is 1. The van der Waals surface area contributed by atoms with Gasteiger partial charge in [0.05, 0.1) is 0 Å². The fourth-order valence-corrected chi connectivity index (χ4v) is 1.75. The molecule has 0 spiro atoms. The third-order valence-corrected chi connectivity index (χ3v) is 2.78. The Kier molecular flexibility index (Phi) is 4.32. The Bertz CT molecular complexity index is 594. The molecule has 0 heterocycles. The van der Waals surface area contributed by atoms with E-state index in [0.717, 1.165) is 5.56 Å². The number of amides is 2. The van der Waals surface area contributed by atoms with E-state index in [4.69, 9.17) is 11.6 Å². The third-order valence-electron chi connectivity index (χ3n) is 2.53. The van der Waals surface area contributed by atoms with Crippen LogP contribution in [0.3, 0.4) is 0 Å². The number of nitrogens with one attached hydrogen (secondary N) is 2. The molecule has 2 amide bonds. The maximum absolute atomic E-state index is 11.7. The maximum atomic E-state index is 11.7. The molecule has 4 N–H and O–H groups in total. The Morgan fingerprint density at radius 1 is 1.05 bits per heavy atom. The first kappa shape index (κ1) is 14.0. The first-order valence-corrected chi connectivity index (χ1v) is 6.23. The van der Waals surface area contributed by atoms with Gasteiger partial charge in [-0.15, -0.1) is 0 Å². The second-order valence-electron chi connectivity index (χ2n) is 4.17. The molecular formula is C14H13ClN2O3. The maximum Gasteiger partial charge on any atom is 0.319 e. The Morgan fingerprint density at radius 3 is 2.25 bits per heavy atom. The fraction of sp³-hybridized carbons (Fsp3) is 0.0714. The van der Waals surface area contributed by atoms with Gasteiger partial charge in [-0.05, 0) is 17.7 Å². The van der Waals surface area contributed by atoms with Crippen molar-refractivity contribution < 1.29 is 15.0 Å². The molecule has 0 aliphatic heterocycles. The SMILES string of the molecule is O=C(NCc1ccc(Cl)cc1)Nc1cc(O)cc(O)c1. The summed E-state index contributed by atoms with van der Waals surface area (Å²) in [6.07, 6.45) is 0. The van der Waals surface area contributed by atoms with E-state index in [1.165, 1.54) is 18.2 Å². The van der Waals surface area contributed by atoms with Gasteiger partial charge in [-0.1, -0.05) is 23.7 Å². The van der Waals surface area contributed by atoms with Crippen LogP contribution in [0.5, 0.6) is 11.5 Å². The van der Waals surface area contributed by atoms with Crippen molar-refractivity contribution in [3.05, 3.63) is 53.1 Å². The van der Waals surface area contributed by atoms with Gasteiger partial charge < -0.3 is 20.8 Å². The van der Waals surface area contributed by atoms with E-state index < -0.39 is 6.03 Å². The van der Waals surface area contributed by atoms with Crippen LogP contribution >= 0.6 is 11.6 Å². The summed E-state index contributed by atoms with van der Waals surface area (Å²) in [7, 11) is 0. The van der Waals surface area contributed by atoms with Crippen LogP contribution in [-0.2, 0) is 6.54 Å². The molecule has 0 radical (unpaired) electrons. The Morgan fingerprint density at radius 2 is 1.65 bits per heavy atom. The van der Waals surface area contributed by atoms with Gasteiger partial charge >= 0.3 is 6.03 Å². The van der Waals surface area contributed by atoms with E-state index in [9.17, 15) is 15.0 Å². The average molecular weight is 293 g/mol. The van der Waals surface area contributed by atoms with Crippen LogP contribution < -0.4 is 10.6 Å². The standard InChI is InChI=1S/C14H13ClN2O3/c15-10-3-1-9(2-4-10)8-16-14(20)17-11-5-12(18)7-13(19)6-11/h1-7,18-19H,8H2,(H2,16,17,20). The van der Waals surface area contributed by atoms with Crippen molar-refractivity contribution in [3.63, 3.8) is 0 Å². The predicted molar refractivity (Wildman–Crippen MR) is 77.1 cm³/mol. The van der Waals surface area contributed by atoms with Gasteiger partial charge in [0.2, 0.25) is 0 Å². The van der Waals surface area contributed by atoms with Gasteiger partial charge in [0.25, 0.3) is 0 Å². The summed E-state index contributed by atoms with van der Waals surface area (Å²) < 4.78 is 0. The number of phenols is 2. The monoisotopic (exact) mass is 292 g/mol. The molecule has 0 saturated carbocycles. The minimum absolute atomic E-state index is 0.127. The molecule has 0 bridgehead atoms. The van der Waals surface area contributed by atoms with Gasteiger partial charge in [-0.2, -0.15) is 0 Å². The van der Waals surface area contributed by atoms with E-state index in [-0.39, 0.29) is 11.5 Å². The van der Waals surface area contributed by atoms with Crippen molar-refractivity contribution in [1.29, 1.82) is 0 Å². The quantitative estimate of drug-likeness (QED) is 0.702. The van der Waals surface area contributed by atoms with Gasteiger partial charge in [0.1, 0.15) is 11.5 Å². The van der Waals surface area contributed by atoms with Crippen LogP contribution in [0.2, 0.25) is 5.02 Å². The minimum Gasteiger partial charge on any atom is -0.508 e. The second-order valence-corrected chi connectivity index (χ2v) is 4.61. The van der Waals surface area contributed by atoms with Crippen molar-refractivity contribution >= 4 is 23.3 Å². The van der Waals surface area contributed by atoms with Crippen molar-refractivity contribution in [2.24, 2.45) is 0 Å². The van der Waals surface area contributed by atoms with Crippen LogP contribution in [0.25, 0.3) is 0 Å². The number of hydrogen-bond acceptors (Lipinski definition) is 3. The second kappa shape index (κ2) is 6.16. The molecule has 2 aromatic carbocycles. The lowest BCUT2D eigenvalue weighted by Crippen LogP contribution is -2.28. The molecule has 6 heteroatoms. The normalized spacial score (nSPS) is 10.1. The van der Waals surface area contributed by atoms with Crippen LogP contribution in [0.1, 0.15) is 5.56 Å². The Balaban J connectivity index is 1.90. The first-order valence-electron chi connectivity index (χ1n) is 5.85. The molecule has 0 saturated heterocycles. The lowest BCUT2D eigenvalue weighted by molar-refractivity contribution is 0.251. The number of carbonyl (C=O) groups excluding carboxylic acids is 1. The molecule has 104 valence electrons. The number of hydrogen-bond donors (Lipinski definition) is 4. The van der Waals surface area contributed by atoms with Crippen molar-refractivity contribution in [2.45, 2.75) is 6.54 Å². The van der Waals surface area contributed by atoms with E-state index >= 15 is 0 Å². The van der Waals surface area contributed by atoms with Crippen molar-refractivity contribution in [3.8, 4) is 11.5 Å². The molecule has 0 atom stereocenters. The summed E-state index contributed by atoms with van der Waals surface area (Å²) in [6, 6.07) is 10.5. The predicted octanol–water partition coefficient (Wildman–Crippen LogP) is 3.07. The van der Waals surface area contributed by atoms with Crippen LogP contribution in [-0.4, -0.2) is 16.2 Å². The van der Waals surface area contributed by atoms with Crippen molar-refractivity contribution in [2.75, 3.05) is 5.32 Å². The van der Waals surface area contributed by atoms with Crippen LogP contribution in [0.4, 0.5) is 10.5 Å². The number of aromatic hydroxyl groups is 2. The summed E-state index contributed by atoms with van der Waals surface area (Å²) in [5.41, 5.74) is 1.21. The highest BCUT2D eigenvalue weighted by Crippen LogP contribution is 2.23. The zero-order valence-corrected chi connectivity index (χ0v) is 11.2. The van der Waals surface area contributed by atoms with E-state index in [0.29, 0.717) is 17.3 Å². The minimum atomic E-state index is -0.440. The molecule has 0 aliphatic carbocycles. The molecule has 0 unspecified atom stereocenters. The molecule has 2 rings (SSSR count). The van der Waals surface area contributed by atoms with Crippen molar-refractivity contribution in [1.82, 2.24) is 5.32 Å². The number of phenolic OH excluding ortho intramolecular Hbond substituents is 2. The highest BCUT2D eigenvalue weighted by Gasteiger charge is 2.04. The summed E-state index contributed by atoms with van der Waals surface area (Å²) in [5, 5.41) is 24.4.